The van der Waals surface area contributed by atoms with E-state index in [1.807, 2.05) is 25.1 Å². The van der Waals surface area contributed by atoms with Crippen molar-refractivity contribution >= 4 is 29.1 Å². The summed E-state index contributed by atoms with van der Waals surface area (Å²) in [6.07, 6.45) is 0. The number of thioether (sulfide) groups is 1. The fourth-order valence-electron chi connectivity index (χ4n) is 1.33. The van der Waals surface area contributed by atoms with E-state index in [9.17, 15) is 4.79 Å². The summed E-state index contributed by atoms with van der Waals surface area (Å²) in [6, 6.07) is 10.9. The first-order valence-electron chi connectivity index (χ1n) is 5.00. The van der Waals surface area contributed by atoms with E-state index < -0.39 is 0 Å². The van der Waals surface area contributed by atoms with E-state index in [1.165, 1.54) is 0 Å². The number of carbonyl (C=O) groups is 1. The van der Waals surface area contributed by atoms with Gasteiger partial charge in [-0.15, -0.1) is 0 Å². The maximum atomic E-state index is 11.9. The molecule has 0 radical (unpaired) electrons. The Morgan fingerprint density at radius 2 is 2.06 bits per heavy atom. The lowest BCUT2D eigenvalue weighted by molar-refractivity contribution is 0.108. The van der Waals surface area contributed by atoms with Crippen molar-refractivity contribution in [1.82, 2.24) is 9.97 Å². The van der Waals surface area contributed by atoms with Gasteiger partial charge in [0, 0.05) is 11.3 Å². The lowest BCUT2D eigenvalue weighted by Gasteiger charge is -2.01. The van der Waals surface area contributed by atoms with Crippen LogP contribution < -0.4 is 0 Å². The zero-order valence-electron chi connectivity index (χ0n) is 9.14. The number of aromatic amines is 1. The minimum Gasteiger partial charge on any atom is -0.335 e. The smallest absolute Gasteiger partial charge is 0.225 e. The maximum absolute atomic E-state index is 11.9. The fourth-order valence-corrected chi connectivity index (χ4v) is 2.46. The van der Waals surface area contributed by atoms with Crippen molar-refractivity contribution in [3.05, 3.63) is 52.4 Å². The first-order chi connectivity index (χ1) is 8.15. The average Bonchev–Trinajstić information content (AvgIpc) is 2.28. The standard InChI is InChI=1S/C12H10N2OS2/c1-8-7-10(14-12(16)13-8)17-11(15)9-5-3-2-4-6-9/h2-7H,1H3,(H,13,14,16). The third kappa shape index (κ3) is 3.25. The normalized spacial score (nSPS) is 10.2. The maximum Gasteiger partial charge on any atom is 0.225 e. The van der Waals surface area contributed by atoms with Crippen LogP contribution in [0.25, 0.3) is 0 Å². The largest absolute Gasteiger partial charge is 0.335 e. The minimum absolute atomic E-state index is 0.0295. The quantitative estimate of drug-likeness (QED) is 0.512. The molecular formula is C12H10N2OS2. The summed E-state index contributed by atoms with van der Waals surface area (Å²) in [7, 11) is 0. The average molecular weight is 262 g/mol. The molecule has 0 saturated heterocycles. The van der Waals surface area contributed by atoms with Gasteiger partial charge in [0.25, 0.3) is 0 Å². The second-order valence-corrected chi connectivity index (χ2v) is 4.84. The Kier molecular flexibility index (Phi) is 3.71. The van der Waals surface area contributed by atoms with E-state index in [4.69, 9.17) is 12.2 Å². The number of rotatable bonds is 2. The Labute approximate surface area is 108 Å². The molecule has 2 rings (SSSR count). The molecule has 0 amide bonds. The molecular weight excluding hydrogens is 252 g/mol. The van der Waals surface area contributed by atoms with Gasteiger partial charge >= 0.3 is 0 Å². The van der Waals surface area contributed by atoms with Crippen LogP contribution in [-0.2, 0) is 0 Å². The van der Waals surface area contributed by atoms with Gasteiger partial charge in [0.1, 0.15) is 5.03 Å². The van der Waals surface area contributed by atoms with Gasteiger partial charge in [0.15, 0.2) is 4.77 Å². The number of aromatic nitrogens is 2. The van der Waals surface area contributed by atoms with Crippen LogP contribution >= 0.6 is 24.0 Å². The summed E-state index contributed by atoms with van der Waals surface area (Å²) in [5, 5.41) is 0.596. The number of carbonyl (C=O) groups excluding carboxylic acids is 1. The number of nitrogens with zero attached hydrogens (tertiary/aromatic N) is 1. The van der Waals surface area contributed by atoms with Crippen molar-refractivity contribution in [3.8, 4) is 0 Å². The molecule has 0 bridgehead atoms. The number of H-pyrrole nitrogens is 1. The van der Waals surface area contributed by atoms with Gasteiger partial charge in [-0.2, -0.15) is 0 Å². The van der Waals surface area contributed by atoms with Crippen LogP contribution in [0.3, 0.4) is 0 Å². The summed E-state index contributed by atoms with van der Waals surface area (Å²) in [5.41, 5.74) is 1.56. The number of benzene rings is 1. The van der Waals surface area contributed by atoms with Gasteiger partial charge in [-0.25, -0.2) is 4.98 Å². The van der Waals surface area contributed by atoms with Crippen molar-refractivity contribution in [3.63, 3.8) is 0 Å². The molecule has 0 aliphatic carbocycles. The molecule has 0 spiro atoms. The molecule has 1 aromatic heterocycles. The Morgan fingerprint density at radius 1 is 1.35 bits per heavy atom. The molecule has 2 aromatic rings. The van der Waals surface area contributed by atoms with Crippen LogP contribution in [0.2, 0.25) is 0 Å². The molecule has 0 atom stereocenters. The Morgan fingerprint density at radius 3 is 2.71 bits per heavy atom. The highest BCUT2D eigenvalue weighted by atomic mass is 32.2. The molecule has 1 aromatic carbocycles. The lowest BCUT2D eigenvalue weighted by Crippen LogP contribution is -1.95. The van der Waals surface area contributed by atoms with Gasteiger partial charge in [-0.05, 0) is 37.0 Å². The monoisotopic (exact) mass is 262 g/mol. The fraction of sp³-hybridized carbons (Fsp3) is 0.0833. The van der Waals surface area contributed by atoms with Gasteiger partial charge < -0.3 is 4.98 Å². The summed E-state index contributed by atoms with van der Waals surface area (Å²) in [6.45, 7) is 1.88. The zero-order valence-corrected chi connectivity index (χ0v) is 10.8. The van der Waals surface area contributed by atoms with Crippen LogP contribution in [0, 0.1) is 11.7 Å². The van der Waals surface area contributed by atoms with Gasteiger partial charge in [0.05, 0.1) is 0 Å². The number of nitrogens with one attached hydrogen (secondary N) is 1. The molecule has 0 aliphatic rings. The molecule has 3 nitrogen and oxygen atoms in total. The lowest BCUT2D eigenvalue weighted by atomic mass is 10.2. The SMILES string of the molecule is Cc1cc(SC(=O)c2ccccc2)nc(=S)[nH]1. The third-order valence-corrected chi connectivity index (χ3v) is 3.10. The predicted octanol–water partition coefficient (Wildman–Crippen LogP) is 3.38. The molecule has 0 aliphatic heterocycles. The first-order valence-corrected chi connectivity index (χ1v) is 6.23. The van der Waals surface area contributed by atoms with Crippen molar-refractivity contribution in [2.75, 3.05) is 0 Å². The first kappa shape index (κ1) is 12.0. The third-order valence-electron chi connectivity index (χ3n) is 2.06. The Bertz CT molecular complexity index is 593. The van der Waals surface area contributed by atoms with Gasteiger partial charge in [-0.3, -0.25) is 4.79 Å². The van der Waals surface area contributed by atoms with Crippen LogP contribution in [0.1, 0.15) is 16.1 Å². The number of aryl methyl sites for hydroxylation is 1. The summed E-state index contributed by atoms with van der Waals surface area (Å²) < 4.78 is 0.397. The molecule has 5 heteroatoms. The highest BCUT2D eigenvalue weighted by Gasteiger charge is 2.08. The van der Waals surface area contributed by atoms with Crippen LogP contribution in [0.5, 0.6) is 0 Å². The van der Waals surface area contributed by atoms with E-state index in [0.29, 0.717) is 15.4 Å². The Hall–Kier alpha value is -1.46. The van der Waals surface area contributed by atoms with Crippen molar-refractivity contribution in [2.45, 2.75) is 11.9 Å². The van der Waals surface area contributed by atoms with E-state index in [2.05, 4.69) is 9.97 Å². The van der Waals surface area contributed by atoms with Crippen LogP contribution in [0.15, 0.2) is 41.4 Å². The predicted molar refractivity (Wildman–Crippen MR) is 70.8 cm³/mol. The van der Waals surface area contributed by atoms with E-state index in [-0.39, 0.29) is 5.12 Å². The molecule has 86 valence electrons. The molecule has 0 unspecified atom stereocenters. The summed E-state index contributed by atoms with van der Waals surface area (Å²) >= 11 is 6.05. The molecule has 0 fully saturated rings. The van der Waals surface area contributed by atoms with Crippen molar-refractivity contribution in [2.24, 2.45) is 0 Å². The zero-order chi connectivity index (χ0) is 12.3. The minimum atomic E-state index is -0.0295. The van der Waals surface area contributed by atoms with E-state index in [0.717, 1.165) is 17.5 Å². The molecule has 1 heterocycles. The van der Waals surface area contributed by atoms with E-state index >= 15 is 0 Å². The topological polar surface area (TPSA) is 45.8 Å². The highest BCUT2D eigenvalue weighted by molar-refractivity contribution is 8.14. The second-order valence-electron chi connectivity index (χ2n) is 3.46. The van der Waals surface area contributed by atoms with Crippen LogP contribution in [-0.4, -0.2) is 15.1 Å². The molecule has 1 N–H and O–H groups in total. The summed E-state index contributed by atoms with van der Waals surface area (Å²) in [5.74, 6) is 0. The molecule has 17 heavy (non-hydrogen) atoms. The Balaban J connectivity index is 2.22. The van der Waals surface area contributed by atoms with Crippen molar-refractivity contribution in [1.29, 1.82) is 0 Å². The second kappa shape index (κ2) is 5.25. The van der Waals surface area contributed by atoms with Gasteiger partial charge in [-0.1, -0.05) is 30.3 Å². The highest BCUT2D eigenvalue weighted by Crippen LogP contribution is 2.20. The molecule has 0 saturated carbocycles. The summed E-state index contributed by atoms with van der Waals surface area (Å²) in [4.78, 5) is 18.9. The number of hydrogen-bond acceptors (Lipinski definition) is 4. The van der Waals surface area contributed by atoms with E-state index in [1.54, 1.807) is 18.2 Å². The van der Waals surface area contributed by atoms with Crippen molar-refractivity contribution < 1.29 is 4.79 Å². The number of hydrogen-bond donors (Lipinski definition) is 1. The van der Waals surface area contributed by atoms with Gasteiger partial charge in [0.2, 0.25) is 5.12 Å². The van der Waals surface area contributed by atoms with Crippen LogP contribution in [0.4, 0.5) is 0 Å².